The Hall–Kier alpha value is -1.89. The standard InChI is InChI=1S/C11H11N3O2S/c1-9-7-10(8-13)3-4-11(9)17(15,16)14-6-2-5-12/h3-4,7,14H,2,6H2,1H3. The van der Waals surface area contributed by atoms with Gasteiger partial charge >= 0.3 is 0 Å². The van der Waals surface area contributed by atoms with Crippen LogP contribution in [-0.2, 0) is 10.0 Å². The molecule has 0 aliphatic carbocycles. The smallest absolute Gasteiger partial charge is 0.210 e. The molecule has 0 radical (unpaired) electrons. The molecule has 5 nitrogen and oxygen atoms in total. The maximum absolute atomic E-state index is 11.8. The van der Waals surface area contributed by atoms with Crippen molar-refractivity contribution in [1.82, 2.24) is 4.72 Å². The van der Waals surface area contributed by atoms with Gasteiger partial charge in [0.05, 0.1) is 22.6 Å². The molecule has 1 aromatic rings. The van der Waals surface area contributed by atoms with Crippen LogP contribution in [0.4, 0.5) is 0 Å². The van der Waals surface area contributed by atoms with Gasteiger partial charge in [-0.3, -0.25) is 0 Å². The minimum absolute atomic E-state index is 0.0816. The topological polar surface area (TPSA) is 93.8 Å². The quantitative estimate of drug-likeness (QED) is 0.807. The minimum atomic E-state index is -3.60. The van der Waals surface area contributed by atoms with Gasteiger partial charge in [-0.25, -0.2) is 13.1 Å². The van der Waals surface area contributed by atoms with Crippen molar-refractivity contribution in [2.24, 2.45) is 0 Å². The Morgan fingerprint density at radius 1 is 1.35 bits per heavy atom. The molecular weight excluding hydrogens is 238 g/mol. The summed E-state index contributed by atoms with van der Waals surface area (Å²) < 4.78 is 26.0. The molecule has 0 saturated carbocycles. The molecule has 0 heterocycles. The first-order valence-electron chi connectivity index (χ1n) is 4.88. The molecule has 0 aliphatic rings. The molecule has 0 unspecified atom stereocenters. The van der Waals surface area contributed by atoms with E-state index in [2.05, 4.69) is 4.72 Å². The number of hydrogen-bond acceptors (Lipinski definition) is 4. The van der Waals surface area contributed by atoms with E-state index in [1.165, 1.54) is 18.2 Å². The molecule has 0 aliphatic heterocycles. The Bertz CT molecular complexity index is 594. The van der Waals surface area contributed by atoms with Crippen molar-refractivity contribution in [2.45, 2.75) is 18.2 Å². The molecule has 0 atom stereocenters. The predicted octanol–water partition coefficient (Wildman–Crippen LogP) is 1.06. The third kappa shape index (κ3) is 3.28. The van der Waals surface area contributed by atoms with Gasteiger partial charge in [0.2, 0.25) is 10.0 Å². The van der Waals surface area contributed by atoms with Gasteiger partial charge in [-0.15, -0.1) is 0 Å². The maximum atomic E-state index is 11.8. The Balaban J connectivity index is 3.01. The Labute approximate surface area is 100 Å². The molecule has 1 N–H and O–H groups in total. The Morgan fingerprint density at radius 3 is 2.59 bits per heavy atom. The van der Waals surface area contributed by atoms with Gasteiger partial charge in [-0.2, -0.15) is 10.5 Å². The van der Waals surface area contributed by atoms with Crippen molar-refractivity contribution in [3.8, 4) is 12.1 Å². The maximum Gasteiger partial charge on any atom is 0.240 e. The molecule has 17 heavy (non-hydrogen) atoms. The highest BCUT2D eigenvalue weighted by Gasteiger charge is 2.16. The lowest BCUT2D eigenvalue weighted by molar-refractivity contribution is 0.581. The molecule has 0 fully saturated rings. The second-order valence-electron chi connectivity index (χ2n) is 3.40. The highest BCUT2D eigenvalue weighted by Crippen LogP contribution is 2.16. The van der Waals surface area contributed by atoms with Gasteiger partial charge in [-0.1, -0.05) is 0 Å². The van der Waals surface area contributed by atoms with Crippen LogP contribution >= 0.6 is 0 Å². The number of nitriles is 2. The number of rotatable bonds is 4. The van der Waals surface area contributed by atoms with E-state index in [0.717, 1.165) is 0 Å². The fourth-order valence-electron chi connectivity index (χ4n) is 1.34. The largest absolute Gasteiger partial charge is 0.240 e. The molecular formula is C11H11N3O2S. The summed E-state index contributed by atoms with van der Waals surface area (Å²) in [6.45, 7) is 1.71. The van der Waals surface area contributed by atoms with Crippen molar-refractivity contribution in [3.05, 3.63) is 29.3 Å². The lowest BCUT2D eigenvalue weighted by Crippen LogP contribution is -2.25. The van der Waals surface area contributed by atoms with Gasteiger partial charge in [0.25, 0.3) is 0 Å². The van der Waals surface area contributed by atoms with Crippen LogP contribution in [0.3, 0.4) is 0 Å². The average molecular weight is 249 g/mol. The van der Waals surface area contributed by atoms with Crippen molar-refractivity contribution in [3.63, 3.8) is 0 Å². The fraction of sp³-hybridized carbons (Fsp3) is 0.273. The van der Waals surface area contributed by atoms with Crippen LogP contribution in [0, 0.1) is 29.6 Å². The summed E-state index contributed by atoms with van der Waals surface area (Å²) in [5.41, 5.74) is 0.923. The number of nitrogens with one attached hydrogen (secondary N) is 1. The van der Waals surface area contributed by atoms with Crippen LogP contribution in [0.15, 0.2) is 23.1 Å². The molecule has 0 amide bonds. The van der Waals surface area contributed by atoms with Gasteiger partial charge in [0.15, 0.2) is 0 Å². The molecule has 1 aromatic carbocycles. The van der Waals surface area contributed by atoms with E-state index in [9.17, 15) is 8.42 Å². The van der Waals surface area contributed by atoms with Crippen LogP contribution < -0.4 is 4.72 Å². The first-order chi connectivity index (χ1) is 8.01. The van der Waals surface area contributed by atoms with Gasteiger partial charge < -0.3 is 0 Å². The van der Waals surface area contributed by atoms with Crippen LogP contribution in [0.25, 0.3) is 0 Å². The van der Waals surface area contributed by atoms with E-state index in [1.54, 1.807) is 6.92 Å². The van der Waals surface area contributed by atoms with Crippen molar-refractivity contribution < 1.29 is 8.42 Å². The number of aryl methyl sites for hydroxylation is 1. The molecule has 0 aromatic heterocycles. The van der Waals surface area contributed by atoms with Gasteiger partial charge in [0.1, 0.15) is 0 Å². The third-order valence-corrected chi connectivity index (χ3v) is 3.74. The summed E-state index contributed by atoms with van der Waals surface area (Å²) in [5, 5.41) is 17.0. The van der Waals surface area contributed by atoms with Crippen LogP contribution in [-0.4, -0.2) is 15.0 Å². The monoisotopic (exact) mass is 249 g/mol. The Morgan fingerprint density at radius 2 is 2.06 bits per heavy atom. The molecule has 0 saturated heterocycles. The van der Waals surface area contributed by atoms with Crippen LogP contribution in [0.2, 0.25) is 0 Å². The van der Waals surface area contributed by atoms with Crippen LogP contribution in [0.5, 0.6) is 0 Å². The van der Waals surface area contributed by atoms with E-state index in [1.807, 2.05) is 12.1 Å². The Kier molecular flexibility index (Phi) is 4.22. The van der Waals surface area contributed by atoms with Crippen molar-refractivity contribution >= 4 is 10.0 Å². The second kappa shape index (κ2) is 5.44. The lowest BCUT2D eigenvalue weighted by Gasteiger charge is -2.08. The predicted molar refractivity (Wildman–Crippen MR) is 61.3 cm³/mol. The molecule has 6 heteroatoms. The zero-order valence-corrected chi connectivity index (χ0v) is 10.1. The van der Waals surface area contributed by atoms with Crippen molar-refractivity contribution in [2.75, 3.05) is 6.54 Å². The zero-order valence-electron chi connectivity index (χ0n) is 9.27. The number of hydrogen-bond donors (Lipinski definition) is 1. The first-order valence-corrected chi connectivity index (χ1v) is 6.37. The fourth-order valence-corrected chi connectivity index (χ4v) is 2.60. The molecule has 1 rings (SSSR count). The average Bonchev–Trinajstić information content (AvgIpc) is 2.28. The number of benzene rings is 1. The summed E-state index contributed by atoms with van der Waals surface area (Å²) in [6.07, 6.45) is 0.120. The number of sulfonamides is 1. The SMILES string of the molecule is Cc1cc(C#N)ccc1S(=O)(=O)NCCC#N. The number of nitrogens with zero attached hydrogens (tertiary/aromatic N) is 2. The molecule has 0 spiro atoms. The van der Waals surface area contributed by atoms with E-state index < -0.39 is 10.0 Å². The second-order valence-corrected chi connectivity index (χ2v) is 5.13. The molecule has 0 bridgehead atoms. The minimum Gasteiger partial charge on any atom is -0.210 e. The van der Waals surface area contributed by atoms with Gasteiger partial charge in [0, 0.05) is 13.0 Å². The zero-order chi connectivity index (χ0) is 12.9. The summed E-state index contributed by atoms with van der Waals surface area (Å²) in [6, 6.07) is 8.15. The third-order valence-electron chi connectivity index (χ3n) is 2.12. The van der Waals surface area contributed by atoms with E-state index in [4.69, 9.17) is 10.5 Å². The highest BCUT2D eigenvalue weighted by molar-refractivity contribution is 7.89. The normalized spacial score (nSPS) is 10.5. The van der Waals surface area contributed by atoms with E-state index in [0.29, 0.717) is 11.1 Å². The van der Waals surface area contributed by atoms with Gasteiger partial charge in [-0.05, 0) is 30.7 Å². The van der Waals surface area contributed by atoms with Crippen molar-refractivity contribution in [1.29, 1.82) is 10.5 Å². The lowest BCUT2D eigenvalue weighted by atomic mass is 10.2. The summed E-state index contributed by atoms with van der Waals surface area (Å²) in [7, 11) is -3.60. The summed E-state index contributed by atoms with van der Waals surface area (Å²) in [4.78, 5) is 0.134. The molecule has 88 valence electrons. The van der Waals surface area contributed by atoms with E-state index in [-0.39, 0.29) is 17.9 Å². The highest BCUT2D eigenvalue weighted by atomic mass is 32.2. The van der Waals surface area contributed by atoms with Crippen LogP contribution in [0.1, 0.15) is 17.5 Å². The summed E-state index contributed by atoms with van der Waals surface area (Å²) >= 11 is 0. The first kappa shape index (κ1) is 13.2. The van der Waals surface area contributed by atoms with E-state index >= 15 is 0 Å². The summed E-state index contributed by atoms with van der Waals surface area (Å²) in [5.74, 6) is 0.